The molecule has 1 aromatic heterocycles. The van der Waals surface area contributed by atoms with E-state index in [2.05, 4.69) is 0 Å². The van der Waals surface area contributed by atoms with Crippen LogP contribution in [0.25, 0.3) is 0 Å². The number of nitrogen functional groups attached to an aromatic ring is 1. The second kappa shape index (κ2) is 2.27. The zero-order valence-corrected chi connectivity index (χ0v) is 7.13. The Kier molecular flexibility index (Phi) is 1.68. The normalized spacial score (nSPS) is 12.0. The molecule has 0 aliphatic carbocycles. The largest absolute Gasteiger partial charge is 0.386 e. The maximum absolute atomic E-state index is 9.56. The zero-order valence-electron chi connectivity index (χ0n) is 7.13. The van der Waals surface area contributed by atoms with E-state index in [1.165, 1.54) is 0 Å². The quantitative estimate of drug-likeness (QED) is 0.629. The highest BCUT2D eigenvalue weighted by Crippen LogP contribution is 2.22. The Hall–Kier alpha value is -0.960. The van der Waals surface area contributed by atoms with Gasteiger partial charge in [0.05, 0.1) is 5.60 Å². The fourth-order valence-corrected chi connectivity index (χ4v) is 0.916. The molecule has 0 atom stereocenters. The molecule has 0 fully saturated rings. The number of aryl methyl sites for hydroxylation is 1. The maximum Gasteiger partial charge on any atom is 0.103 e. The number of anilines is 1. The topological polar surface area (TPSA) is 51.2 Å². The molecular formula is C8H14N2O. The van der Waals surface area contributed by atoms with Crippen LogP contribution in [0.2, 0.25) is 0 Å². The van der Waals surface area contributed by atoms with E-state index in [1.807, 2.05) is 13.2 Å². The monoisotopic (exact) mass is 154 g/mol. The van der Waals surface area contributed by atoms with Gasteiger partial charge in [-0.2, -0.15) is 0 Å². The Bertz CT molecular complexity index is 238. The van der Waals surface area contributed by atoms with Crippen LogP contribution in [0.1, 0.15) is 19.4 Å². The van der Waals surface area contributed by atoms with Gasteiger partial charge < -0.3 is 15.4 Å². The van der Waals surface area contributed by atoms with Crippen molar-refractivity contribution in [1.82, 2.24) is 4.57 Å². The van der Waals surface area contributed by atoms with Gasteiger partial charge in [-0.25, -0.2) is 0 Å². The number of aromatic nitrogens is 1. The third-order valence-electron chi connectivity index (χ3n) is 1.75. The lowest BCUT2D eigenvalue weighted by molar-refractivity contribution is 0.0786. The van der Waals surface area contributed by atoms with E-state index in [-0.39, 0.29) is 0 Å². The van der Waals surface area contributed by atoms with Crippen molar-refractivity contribution in [3.05, 3.63) is 17.8 Å². The molecule has 1 rings (SSSR count). The highest BCUT2D eigenvalue weighted by atomic mass is 16.3. The third-order valence-corrected chi connectivity index (χ3v) is 1.75. The first-order valence-corrected chi connectivity index (χ1v) is 3.56. The summed E-state index contributed by atoms with van der Waals surface area (Å²) in [7, 11) is 1.85. The molecule has 11 heavy (non-hydrogen) atoms. The summed E-state index contributed by atoms with van der Waals surface area (Å²) < 4.78 is 1.79. The molecule has 62 valence electrons. The molecule has 1 heterocycles. The van der Waals surface area contributed by atoms with Crippen LogP contribution in [0.3, 0.4) is 0 Å². The van der Waals surface area contributed by atoms with E-state index in [9.17, 15) is 5.11 Å². The second-order valence-electron chi connectivity index (χ2n) is 3.32. The minimum atomic E-state index is -0.796. The van der Waals surface area contributed by atoms with Gasteiger partial charge in [-0.05, 0) is 19.9 Å². The molecule has 0 saturated carbocycles. The van der Waals surface area contributed by atoms with Crippen LogP contribution in [0, 0.1) is 0 Å². The molecule has 0 unspecified atom stereocenters. The Morgan fingerprint density at radius 3 is 2.27 bits per heavy atom. The van der Waals surface area contributed by atoms with Gasteiger partial charge in [-0.1, -0.05) is 0 Å². The third kappa shape index (κ3) is 1.54. The molecule has 3 N–H and O–H groups in total. The van der Waals surface area contributed by atoms with Gasteiger partial charge in [-0.3, -0.25) is 0 Å². The van der Waals surface area contributed by atoms with Crippen LogP contribution in [0.15, 0.2) is 12.3 Å². The first kappa shape index (κ1) is 8.14. The molecule has 0 radical (unpaired) electrons. The van der Waals surface area contributed by atoms with Gasteiger partial charge in [0.25, 0.3) is 0 Å². The second-order valence-corrected chi connectivity index (χ2v) is 3.32. The van der Waals surface area contributed by atoms with E-state index in [0.29, 0.717) is 5.82 Å². The van der Waals surface area contributed by atoms with Crippen LogP contribution in [-0.4, -0.2) is 9.67 Å². The molecule has 3 heteroatoms. The lowest BCUT2D eigenvalue weighted by Crippen LogP contribution is -2.14. The van der Waals surface area contributed by atoms with Crippen LogP contribution >= 0.6 is 0 Å². The Balaban J connectivity index is 3.08. The summed E-state index contributed by atoms with van der Waals surface area (Å²) in [6.45, 7) is 3.48. The molecule has 3 nitrogen and oxygen atoms in total. The summed E-state index contributed by atoms with van der Waals surface area (Å²) in [5, 5.41) is 9.56. The lowest BCUT2D eigenvalue weighted by Gasteiger charge is -2.14. The average molecular weight is 154 g/mol. The molecular weight excluding hydrogens is 140 g/mol. The molecule has 0 saturated heterocycles. The van der Waals surface area contributed by atoms with Gasteiger partial charge >= 0.3 is 0 Å². The number of nitrogens with two attached hydrogens (primary N) is 1. The van der Waals surface area contributed by atoms with Crippen molar-refractivity contribution in [3.63, 3.8) is 0 Å². The number of rotatable bonds is 1. The van der Waals surface area contributed by atoms with Crippen molar-refractivity contribution in [2.24, 2.45) is 7.05 Å². The fraction of sp³-hybridized carbons (Fsp3) is 0.500. The van der Waals surface area contributed by atoms with E-state index in [4.69, 9.17) is 5.73 Å². The number of nitrogens with zero attached hydrogens (tertiary/aromatic N) is 1. The molecule has 0 aromatic carbocycles. The molecule has 0 amide bonds. The SMILES string of the molecule is Cn1cc(C(C)(C)O)cc1N. The van der Waals surface area contributed by atoms with E-state index in [1.54, 1.807) is 24.5 Å². The standard InChI is InChI=1S/C8H14N2O/c1-8(2,11)6-4-7(9)10(3)5-6/h4-5,11H,9H2,1-3H3. The highest BCUT2D eigenvalue weighted by Gasteiger charge is 2.17. The van der Waals surface area contributed by atoms with E-state index < -0.39 is 5.60 Å². The fourth-order valence-electron chi connectivity index (χ4n) is 0.916. The highest BCUT2D eigenvalue weighted by molar-refractivity contribution is 5.37. The van der Waals surface area contributed by atoms with E-state index >= 15 is 0 Å². The van der Waals surface area contributed by atoms with Gasteiger partial charge in [-0.15, -0.1) is 0 Å². The van der Waals surface area contributed by atoms with Gasteiger partial charge in [0.1, 0.15) is 5.82 Å². The predicted molar refractivity (Wildman–Crippen MR) is 45.1 cm³/mol. The summed E-state index contributed by atoms with van der Waals surface area (Å²) in [4.78, 5) is 0. The minimum Gasteiger partial charge on any atom is -0.386 e. The van der Waals surface area contributed by atoms with Gasteiger partial charge in [0, 0.05) is 18.8 Å². The molecule has 0 spiro atoms. The van der Waals surface area contributed by atoms with Crippen molar-refractivity contribution in [1.29, 1.82) is 0 Å². The summed E-state index contributed by atoms with van der Waals surface area (Å²) in [6.07, 6.45) is 1.83. The first-order valence-electron chi connectivity index (χ1n) is 3.56. The van der Waals surface area contributed by atoms with Gasteiger partial charge in [0.15, 0.2) is 0 Å². The van der Waals surface area contributed by atoms with Crippen molar-refractivity contribution in [3.8, 4) is 0 Å². The summed E-state index contributed by atoms with van der Waals surface area (Å²) in [5.74, 6) is 0.669. The van der Waals surface area contributed by atoms with Crippen LogP contribution in [0.4, 0.5) is 5.82 Å². The van der Waals surface area contributed by atoms with E-state index in [0.717, 1.165) is 5.56 Å². The molecule has 0 aliphatic rings. The Morgan fingerprint density at radius 1 is 1.55 bits per heavy atom. The van der Waals surface area contributed by atoms with Crippen molar-refractivity contribution in [2.75, 3.05) is 5.73 Å². The van der Waals surface area contributed by atoms with Crippen molar-refractivity contribution >= 4 is 5.82 Å². The van der Waals surface area contributed by atoms with Crippen molar-refractivity contribution < 1.29 is 5.11 Å². The maximum atomic E-state index is 9.56. The number of hydrogen-bond acceptors (Lipinski definition) is 2. The summed E-state index contributed by atoms with van der Waals surface area (Å²) >= 11 is 0. The van der Waals surface area contributed by atoms with Crippen LogP contribution in [-0.2, 0) is 12.6 Å². The Labute approximate surface area is 66.4 Å². The van der Waals surface area contributed by atoms with Crippen LogP contribution in [0.5, 0.6) is 0 Å². The number of aliphatic hydroxyl groups is 1. The molecule has 0 aliphatic heterocycles. The summed E-state index contributed by atoms with van der Waals surface area (Å²) in [5.41, 5.74) is 5.64. The Morgan fingerprint density at radius 2 is 2.09 bits per heavy atom. The predicted octanol–water partition coefficient (Wildman–Crippen LogP) is 0.835. The molecule has 1 aromatic rings. The number of hydrogen-bond donors (Lipinski definition) is 2. The lowest BCUT2D eigenvalue weighted by atomic mass is 10.0. The minimum absolute atomic E-state index is 0.669. The zero-order chi connectivity index (χ0) is 8.65. The average Bonchev–Trinajstić information content (AvgIpc) is 2.11. The molecule has 0 bridgehead atoms. The smallest absolute Gasteiger partial charge is 0.103 e. The summed E-state index contributed by atoms with van der Waals surface area (Å²) in [6, 6.07) is 1.78. The van der Waals surface area contributed by atoms with Crippen molar-refractivity contribution in [2.45, 2.75) is 19.4 Å². The van der Waals surface area contributed by atoms with Crippen LogP contribution < -0.4 is 5.73 Å². The first-order chi connectivity index (χ1) is 4.91. The van der Waals surface area contributed by atoms with Gasteiger partial charge in [0.2, 0.25) is 0 Å².